The van der Waals surface area contributed by atoms with Crippen molar-refractivity contribution in [3.8, 4) is 0 Å². The van der Waals surface area contributed by atoms with Gasteiger partial charge in [0.2, 0.25) is 17.7 Å². The Balaban J connectivity index is 1.80. The third-order valence-electron chi connectivity index (χ3n) is 6.26. The van der Waals surface area contributed by atoms with Crippen molar-refractivity contribution in [1.82, 2.24) is 16.0 Å². The Kier molecular flexibility index (Phi) is 11.4. The van der Waals surface area contributed by atoms with Crippen LogP contribution < -0.4 is 21.7 Å². The zero-order chi connectivity index (χ0) is 28.9. The lowest BCUT2D eigenvalue weighted by Crippen LogP contribution is -2.58. The van der Waals surface area contributed by atoms with Crippen LogP contribution in [0.15, 0.2) is 91.0 Å². The Labute approximate surface area is 232 Å². The fraction of sp³-hybridized carbons (Fsp3) is 0.267. The van der Waals surface area contributed by atoms with Crippen molar-refractivity contribution in [3.63, 3.8) is 0 Å². The quantitative estimate of drug-likeness (QED) is 0.172. The van der Waals surface area contributed by atoms with Crippen LogP contribution in [0, 0.1) is 0 Å². The highest BCUT2D eigenvalue weighted by Crippen LogP contribution is 2.09. The Morgan fingerprint density at radius 1 is 0.575 bits per heavy atom. The Morgan fingerprint density at radius 3 is 1.30 bits per heavy atom. The molecule has 0 saturated heterocycles. The van der Waals surface area contributed by atoms with Crippen LogP contribution in [0.5, 0.6) is 0 Å². The number of carbonyl (C=O) groups excluding carboxylic acids is 3. The summed E-state index contributed by atoms with van der Waals surface area (Å²) in [4.78, 5) is 51.0. The number of hydrogen-bond acceptors (Lipinski definition) is 6. The molecule has 7 N–H and O–H groups in total. The molecule has 3 aromatic rings. The van der Waals surface area contributed by atoms with Gasteiger partial charge in [0.25, 0.3) is 0 Å². The Hall–Kier alpha value is -4.54. The number of carboxylic acid groups (broad SMARTS) is 1. The van der Waals surface area contributed by atoms with E-state index in [1.165, 1.54) is 0 Å². The van der Waals surface area contributed by atoms with Crippen LogP contribution >= 0.6 is 0 Å². The number of hydrogen-bond donors (Lipinski definition) is 6. The van der Waals surface area contributed by atoms with E-state index in [9.17, 15) is 29.4 Å². The summed E-state index contributed by atoms with van der Waals surface area (Å²) in [5, 5.41) is 26.3. The van der Waals surface area contributed by atoms with Crippen molar-refractivity contribution < 1.29 is 29.4 Å². The van der Waals surface area contributed by atoms with E-state index in [2.05, 4.69) is 16.0 Å². The first kappa shape index (κ1) is 30.0. The first-order valence-electron chi connectivity index (χ1n) is 12.9. The fourth-order valence-electron chi connectivity index (χ4n) is 4.09. The molecule has 0 aliphatic carbocycles. The molecular formula is C30H34N4O6. The van der Waals surface area contributed by atoms with Crippen molar-refractivity contribution in [2.45, 2.75) is 43.4 Å². The van der Waals surface area contributed by atoms with Crippen LogP contribution in [0.3, 0.4) is 0 Å². The molecule has 3 aromatic carbocycles. The third-order valence-corrected chi connectivity index (χ3v) is 6.26. The van der Waals surface area contributed by atoms with Crippen LogP contribution in [-0.4, -0.2) is 64.7 Å². The predicted octanol–water partition coefficient (Wildman–Crippen LogP) is 0.573. The van der Waals surface area contributed by atoms with Crippen molar-refractivity contribution in [3.05, 3.63) is 108 Å². The maximum Gasteiger partial charge on any atom is 0.328 e. The lowest BCUT2D eigenvalue weighted by Gasteiger charge is -2.25. The second kappa shape index (κ2) is 15.2. The molecule has 4 atom stereocenters. The van der Waals surface area contributed by atoms with E-state index in [4.69, 9.17) is 5.73 Å². The van der Waals surface area contributed by atoms with Gasteiger partial charge in [-0.15, -0.1) is 0 Å². The molecule has 0 spiro atoms. The third kappa shape index (κ3) is 9.33. The molecule has 10 heteroatoms. The minimum atomic E-state index is -1.54. The first-order valence-corrected chi connectivity index (χ1v) is 12.9. The largest absolute Gasteiger partial charge is 0.480 e. The number of aliphatic hydroxyl groups excluding tert-OH is 1. The van der Waals surface area contributed by atoms with Gasteiger partial charge in [-0.2, -0.15) is 0 Å². The monoisotopic (exact) mass is 546 g/mol. The second-order valence-corrected chi connectivity index (χ2v) is 9.38. The van der Waals surface area contributed by atoms with Gasteiger partial charge in [-0.25, -0.2) is 4.79 Å². The summed E-state index contributed by atoms with van der Waals surface area (Å²) in [6, 6.07) is 22.4. The maximum absolute atomic E-state index is 13.5. The molecule has 3 amide bonds. The van der Waals surface area contributed by atoms with Crippen LogP contribution in [0.2, 0.25) is 0 Å². The molecule has 4 unspecified atom stereocenters. The smallest absolute Gasteiger partial charge is 0.328 e. The van der Waals surface area contributed by atoms with E-state index in [0.29, 0.717) is 5.56 Å². The van der Waals surface area contributed by atoms with Gasteiger partial charge in [-0.3, -0.25) is 14.4 Å². The maximum atomic E-state index is 13.5. The normalized spacial score (nSPS) is 13.8. The van der Waals surface area contributed by atoms with Crippen LogP contribution in [0.25, 0.3) is 0 Å². The van der Waals surface area contributed by atoms with Gasteiger partial charge in [0.05, 0.1) is 12.6 Å². The van der Waals surface area contributed by atoms with Gasteiger partial charge in [-0.1, -0.05) is 91.0 Å². The number of carbonyl (C=O) groups is 4. The van der Waals surface area contributed by atoms with E-state index in [-0.39, 0.29) is 19.3 Å². The lowest BCUT2D eigenvalue weighted by molar-refractivity contribution is -0.143. The van der Waals surface area contributed by atoms with E-state index in [1.54, 1.807) is 42.5 Å². The zero-order valence-corrected chi connectivity index (χ0v) is 21.9. The van der Waals surface area contributed by atoms with Crippen LogP contribution in [0.4, 0.5) is 0 Å². The minimum Gasteiger partial charge on any atom is -0.480 e. The number of benzene rings is 3. The Bertz CT molecular complexity index is 1260. The summed E-state index contributed by atoms with van der Waals surface area (Å²) in [6.07, 6.45) is 0.448. The summed E-state index contributed by atoms with van der Waals surface area (Å²) in [7, 11) is 0. The molecule has 0 bridgehead atoms. The van der Waals surface area contributed by atoms with Gasteiger partial charge < -0.3 is 31.9 Å². The highest BCUT2D eigenvalue weighted by atomic mass is 16.4. The highest BCUT2D eigenvalue weighted by Gasteiger charge is 2.30. The van der Waals surface area contributed by atoms with Crippen molar-refractivity contribution in [2.75, 3.05) is 6.61 Å². The van der Waals surface area contributed by atoms with Gasteiger partial charge in [0, 0.05) is 12.8 Å². The molecule has 0 fully saturated rings. The molecule has 0 saturated carbocycles. The van der Waals surface area contributed by atoms with Crippen LogP contribution in [0.1, 0.15) is 16.7 Å². The molecule has 40 heavy (non-hydrogen) atoms. The number of nitrogens with one attached hydrogen (secondary N) is 3. The van der Waals surface area contributed by atoms with Gasteiger partial charge in [0.15, 0.2) is 0 Å². The molecule has 0 aliphatic heterocycles. The van der Waals surface area contributed by atoms with Gasteiger partial charge in [-0.05, 0) is 23.1 Å². The van der Waals surface area contributed by atoms with E-state index < -0.39 is 54.5 Å². The number of amides is 3. The molecule has 0 aliphatic rings. The second-order valence-electron chi connectivity index (χ2n) is 9.38. The van der Waals surface area contributed by atoms with Crippen LogP contribution in [-0.2, 0) is 38.4 Å². The number of nitrogens with two attached hydrogens (primary N) is 1. The molecule has 0 aromatic heterocycles. The van der Waals surface area contributed by atoms with Crippen molar-refractivity contribution >= 4 is 23.7 Å². The number of aliphatic hydroxyl groups is 1. The van der Waals surface area contributed by atoms with Gasteiger partial charge >= 0.3 is 5.97 Å². The molecule has 0 radical (unpaired) electrons. The molecule has 10 nitrogen and oxygen atoms in total. The van der Waals surface area contributed by atoms with Gasteiger partial charge in [0.1, 0.15) is 18.1 Å². The molecule has 3 rings (SSSR count). The number of carboxylic acids is 1. The molecule has 210 valence electrons. The number of rotatable bonds is 14. The predicted molar refractivity (Wildman–Crippen MR) is 149 cm³/mol. The Morgan fingerprint density at radius 2 is 0.925 bits per heavy atom. The van der Waals surface area contributed by atoms with E-state index in [1.807, 2.05) is 48.5 Å². The topological polar surface area (TPSA) is 171 Å². The van der Waals surface area contributed by atoms with E-state index in [0.717, 1.165) is 11.1 Å². The van der Waals surface area contributed by atoms with E-state index >= 15 is 0 Å². The first-order chi connectivity index (χ1) is 19.3. The summed E-state index contributed by atoms with van der Waals surface area (Å²) in [6.45, 7) is -0.820. The SMILES string of the molecule is NC(Cc1ccccc1)C(=O)NC(Cc1ccccc1)C(=O)NC(Cc1ccccc1)C(=O)NC(CO)C(=O)O. The minimum absolute atomic E-state index is 0.0513. The fourth-order valence-corrected chi connectivity index (χ4v) is 4.09. The number of aliphatic carboxylic acids is 1. The summed E-state index contributed by atoms with van der Waals surface area (Å²) >= 11 is 0. The summed E-state index contributed by atoms with van der Waals surface area (Å²) in [5.74, 6) is -3.38. The molecule has 0 heterocycles. The average Bonchev–Trinajstić information content (AvgIpc) is 2.96. The average molecular weight is 547 g/mol. The molecular weight excluding hydrogens is 512 g/mol. The standard InChI is InChI=1S/C30H34N4O6/c31-23(16-20-10-4-1-5-11-20)27(36)32-24(17-21-12-6-2-7-13-21)28(37)33-25(18-22-14-8-3-9-15-22)29(38)34-26(19-35)30(39)40/h1-15,23-26,35H,16-19,31H2,(H,32,36)(H,33,37)(H,34,38)(H,39,40). The zero-order valence-electron chi connectivity index (χ0n) is 21.9. The summed E-state index contributed by atoms with van der Waals surface area (Å²) < 4.78 is 0. The van der Waals surface area contributed by atoms with Crippen molar-refractivity contribution in [1.29, 1.82) is 0 Å². The lowest BCUT2D eigenvalue weighted by atomic mass is 10.0. The highest BCUT2D eigenvalue weighted by molar-refractivity contribution is 5.94. The summed E-state index contributed by atoms with van der Waals surface area (Å²) in [5.41, 5.74) is 8.51. The van der Waals surface area contributed by atoms with Crippen molar-refractivity contribution in [2.24, 2.45) is 5.73 Å².